The topological polar surface area (TPSA) is 38.7 Å². The van der Waals surface area contributed by atoms with Crippen LogP contribution >= 0.6 is 0 Å². The van der Waals surface area contributed by atoms with Gasteiger partial charge in [-0.15, -0.1) is 6.58 Å². The highest BCUT2D eigenvalue weighted by Crippen LogP contribution is 1.92. The van der Waals surface area contributed by atoms with E-state index in [9.17, 15) is 5.11 Å². The lowest BCUT2D eigenvalue weighted by Gasteiger charge is -2.12. The Morgan fingerprint density at radius 1 is 1.42 bits per heavy atom. The Kier molecular flexibility index (Phi) is 7.05. The van der Waals surface area contributed by atoms with Gasteiger partial charge in [-0.05, 0) is 13.8 Å². The predicted octanol–water partition coefficient (Wildman–Crippen LogP) is 0.975. The molecule has 0 spiro atoms. The molecule has 0 aromatic heterocycles. The third kappa shape index (κ3) is 7.72. The van der Waals surface area contributed by atoms with Crippen molar-refractivity contribution >= 4 is 0 Å². The van der Waals surface area contributed by atoms with Gasteiger partial charge in [0.1, 0.15) is 6.10 Å². The van der Waals surface area contributed by atoms with Crippen LogP contribution in [0.4, 0.5) is 0 Å². The van der Waals surface area contributed by atoms with Crippen LogP contribution in [0, 0.1) is 0 Å². The van der Waals surface area contributed by atoms with E-state index in [-0.39, 0.29) is 6.10 Å². The minimum absolute atomic E-state index is 0.152. The first-order valence-corrected chi connectivity index (χ1v) is 4.15. The van der Waals surface area contributed by atoms with Gasteiger partial charge in [0.2, 0.25) is 0 Å². The van der Waals surface area contributed by atoms with Crippen molar-refractivity contribution in [3.05, 3.63) is 12.7 Å². The Morgan fingerprint density at radius 2 is 2.08 bits per heavy atom. The molecule has 1 unspecified atom stereocenters. The Balaban J connectivity index is 3.21. The van der Waals surface area contributed by atoms with Crippen LogP contribution in [-0.4, -0.2) is 37.1 Å². The summed E-state index contributed by atoms with van der Waals surface area (Å²) in [6.07, 6.45) is 1.27. The second-order valence-corrected chi connectivity index (χ2v) is 2.86. The summed E-state index contributed by atoms with van der Waals surface area (Å²) >= 11 is 0. The van der Waals surface area contributed by atoms with Crippen LogP contribution in [0.3, 0.4) is 0 Å². The first-order valence-electron chi connectivity index (χ1n) is 4.15. The van der Waals surface area contributed by atoms with Gasteiger partial charge < -0.3 is 14.6 Å². The summed E-state index contributed by atoms with van der Waals surface area (Å²) < 4.78 is 10.2. The quantitative estimate of drug-likeness (QED) is 0.462. The van der Waals surface area contributed by atoms with E-state index in [1.807, 2.05) is 13.8 Å². The van der Waals surface area contributed by atoms with E-state index < -0.39 is 6.10 Å². The third-order valence-electron chi connectivity index (χ3n) is 1.17. The van der Waals surface area contributed by atoms with Crippen LogP contribution in [0.5, 0.6) is 0 Å². The van der Waals surface area contributed by atoms with Gasteiger partial charge in [-0.2, -0.15) is 0 Å². The van der Waals surface area contributed by atoms with Crippen molar-refractivity contribution in [2.24, 2.45) is 0 Å². The van der Waals surface area contributed by atoms with Gasteiger partial charge in [0.05, 0.1) is 25.9 Å². The van der Waals surface area contributed by atoms with Crippen molar-refractivity contribution in [2.75, 3.05) is 19.8 Å². The molecule has 3 nitrogen and oxygen atoms in total. The van der Waals surface area contributed by atoms with Crippen LogP contribution in [0.15, 0.2) is 12.7 Å². The molecule has 0 aliphatic carbocycles. The highest BCUT2D eigenvalue weighted by Gasteiger charge is 2.04. The van der Waals surface area contributed by atoms with Crippen LogP contribution in [0.2, 0.25) is 0 Å². The molecule has 0 saturated carbocycles. The molecular formula is C9H18O3. The van der Waals surface area contributed by atoms with Gasteiger partial charge in [-0.25, -0.2) is 0 Å². The number of aliphatic hydroxyl groups excluding tert-OH is 1. The molecule has 0 bridgehead atoms. The summed E-state index contributed by atoms with van der Waals surface area (Å²) in [7, 11) is 0. The number of hydrogen-bond donors (Lipinski definition) is 1. The van der Waals surface area contributed by atoms with E-state index in [0.717, 1.165) is 0 Å². The second kappa shape index (κ2) is 7.28. The summed E-state index contributed by atoms with van der Waals surface area (Å²) in [4.78, 5) is 0. The first kappa shape index (κ1) is 11.6. The Hall–Kier alpha value is -0.380. The van der Waals surface area contributed by atoms with Crippen LogP contribution in [0.1, 0.15) is 13.8 Å². The predicted molar refractivity (Wildman–Crippen MR) is 48.1 cm³/mol. The van der Waals surface area contributed by atoms with Crippen molar-refractivity contribution in [1.82, 2.24) is 0 Å². The van der Waals surface area contributed by atoms with Crippen molar-refractivity contribution in [3.63, 3.8) is 0 Å². The molecule has 12 heavy (non-hydrogen) atoms. The zero-order chi connectivity index (χ0) is 9.40. The van der Waals surface area contributed by atoms with Crippen LogP contribution in [0.25, 0.3) is 0 Å². The lowest BCUT2D eigenvalue weighted by molar-refractivity contribution is -0.0310. The Morgan fingerprint density at radius 3 is 2.58 bits per heavy atom. The fourth-order valence-electron chi connectivity index (χ4n) is 0.639. The maximum atomic E-state index is 9.24. The SMILES string of the molecule is C=CCOCC(O)COC(C)C. The molecule has 0 fully saturated rings. The molecule has 0 saturated heterocycles. The average molecular weight is 174 g/mol. The molecule has 0 amide bonds. The normalized spacial score (nSPS) is 13.3. The van der Waals surface area contributed by atoms with E-state index in [1.165, 1.54) is 0 Å². The lowest BCUT2D eigenvalue weighted by atomic mass is 10.4. The van der Waals surface area contributed by atoms with E-state index in [1.54, 1.807) is 6.08 Å². The zero-order valence-corrected chi connectivity index (χ0v) is 7.82. The molecule has 0 aromatic rings. The highest BCUT2D eigenvalue weighted by atomic mass is 16.5. The fraction of sp³-hybridized carbons (Fsp3) is 0.778. The van der Waals surface area contributed by atoms with Gasteiger partial charge in [0.15, 0.2) is 0 Å². The standard InChI is InChI=1S/C9H18O3/c1-4-5-11-6-9(10)7-12-8(2)3/h4,8-10H,1,5-7H2,2-3H3. The molecule has 1 N–H and O–H groups in total. The molecule has 3 heteroatoms. The summed E-state index contributed by atoms with van der Waals surface area (Å²) in [6, 6.07) is 0. The number of aliphatic hydroxyl groups is 1. The molecular weight excluding hydrogens is 156 g/mol. The smallest absolute Gasteiger partial charge is 0.101 e. The van der Waals surface area contributed by atoms with E-state index in [0.29, 0.717) is 19.8 Å². The first-order chi connectivity index (χ1) is 5.66. The van der Waals surface area contributed by atoms with Gasteiger partial charge in [0, 0.05) is 0 Å². The highest BCUT2D eigenvalue weighted by molar-refractivity contribution is 4.64. The molecule has 0 rings (SSSR count). The largest absolute Gasteiger partial charge is 0.388 e. The van der Waals surface area contributed by atoms with Gasteiger partial charge in [0.25, 0.3) is 0 Å². The van der Waals surface area contributed by atoms with Gasteiger partial charge in [-0.1, -0.05) is 6.08 Å². The van der Waals surface area contributed by atoms with Crippen molar-refractivity contribution < 1.29 is 14.6 Å². The maximum absolute atomic E-state index is 9.24. The van der Waals surface area contributed by atoms with Crippen molar-refractivity contribution in [1.29, 1.82) is 0 Å². The van der Waals surface area contributed by atoms with Crippen LogP contribution in [-0.2, 0) is 9.47 Å². The molecule has 1 atom stereocenters. The lowest BCUT2D eigenvalue weighted by Crippen LogP contribution is -2.23. The Bertz CT molecular complexity index is 112. The summed E-state index contributed by atoms with van der Waals surface area (Å²) in [5.74, 6) is 0. The molecule has 0 heterocycles. The minimum Gasteiger partial charge on any atom is -0.388 e. The second-order valence-electron chi connectivity index (χ2n) is 2.86. The molecule has 0 aliphatic heterocycles. The Labute approximate surface area is 74.0 Å². The average Bonchev–Trinajstić information content (AvgIpc) is 2.01. The summed E-state index contributed by atoms with van der Waals surface area (Å²) in [5, 5.41) is 9.24. The number of hydrogen-bond acceptors (Lipinski definition) is 3. The number of rotatable bonds is 7. The summed E-state index contributed by atoms with van der Waals surface area (Å²) in [5.41, 5.74) is 0. The maximum Gasteiger partial charge on any atom is 0.101 e. The summed E-state index contributed by atoms with van der Waals surface area (Å²) in [6.45, 7) is 8.45. The third-order valence-corrected chi connectivity index (χ3v) is 1.17. The van der Waals surface area contributed by atoms with Crippen molar-refractivity contribution in [3.8, 4) is 0 Å². The molecule has 0 aliphatic rings. The van der Waals surface area contributed by atoms with Gasteiger partial charge in [-0.3, -0.25) is 0 Å². The fourth-order valence-corrected chi connectivity index (χ4v) is 0.639. The van der Waals surface area contributed by atoms with Gasteiger partial charge >= 0.3 is 0 Å². The van der Waals surface area contributed by atoms with E-state index in [2.05, 4.69) is 6.58 Å². The van der Waals surface area contributed by atoms with Crippen LogP contribution < -0.4 is 0 Å². The minimum atomic E-state index is -0.535. The molecule has 72 valence electrons. The van der Waals surface area contributed by atoms with E-state index >= 15 is 0 Å². The monoisotopic (exact) mass is 174 g/mol. The molecule has 0 radical (unpaired) electrons. The number of ether oxygens (including phenoxy) is 2. The zero-order valence-electron chi connectivity index (χ0n) is 7.82. The molecule has 0 aromatic carbocycles. The van der Waals surface area contributed by atoms with Crippen molar-refractivity contribution in [2.45, 2.75) is 26.1 Å². The van der Waals surface area contributed by atoms with E-state index in [4.69, 9.17) is 9.47 Å².